The molecule has 0 bridgehead atoms. The van der Waals surface area contributed by atoms with Gasteiger partial charge in [-0.25, -0.2) is 0 Å². The number of carbonyl (C=O) groups is 2. The van der Waals surface area contributed by atoms with E-state index in [0.29, 0.717) is 24.5 Å². The van der Waals surface area contributed by atoms with Crippen LogP contribution in [0.25, 0.3) is 11.1 Å². The topological polar surface area (TPSA) is 63.6 Å². The lowest BCUT2D eigenvalue weighted by atomic mass is 9.92. The molecule has 0 aliphatic heterocycles. The lowest BCUT2D eigenvalue weighted by Gasteiger charge is -2.12. The fraction of sp³-hybridized carbons (Fsp3) is 0.310. The Kier molecular flexibility index (Phi) is 8.82. The maximum Gasteiger partial charge on any atom is 0.306 e. The molecule has 0 heterocycles. The molecule has 1 atom stereocenters. The minimum atomic E-state index is -0.909. The van der Waals surface area contributed by atoms with Crippen LogP contribution < -0.4 is 4.74 Å². The Labute approximate surface area is 196 Å². The van der Waals surface area contributed by atoms with Crippen LogP contribution in [0, 0.1) is 11.8 Å². The number of ether oxygens (including phenoxy) is 1. The van der Waals surface area contributed by atoms with Crippen molar-refractivity contribution in [3.63, 3.8) is 0 Å². The number of benzene rings is 3. The highest BCUT2D eigenvalue weighted by Gasteiger charge is 2.21. The summed E-state index contributed by atoms with van der Waals surface area (Å²) in [5, 5.41) is 9.59. The second kappa shape index (κ2) is 12.0. The summed E-state index contributed by atoms with van der Waals surface area (Å²) in [4.78, 5) is 24.4. The molecule has 0 saturated heterocycles. The summed E-state index contributed by atoms with van der Waals surface area (Å²) < 4.78 is 5.73. The van der Waals surface area contributed by atoms with Crippen molar-refractivity contribution in [3.05, 3.63) is 90.0 Å². The second-order valence-electron chi connectivity index (χ2n) is 8.85. The second-order valence-corrected chi connectivity index (χ2v) is 8.85. The highest BCUT2D eigenvalue weighted by atomic mass is 16.5. The third-order valence-electron chi connectivity index (χ3n) is 5.62. The Hall–Kier alpha value is -3.40. The standard InChI is InChI=1S/C29H32O4/c1-21(2)20-33-27-17-15-24(16-18-27)23-11-13-25(14-12-23)28(30)19-26(29(31)32)10-6-9-22-7-4-3-5-8-22/h3-5,7-8,11-18,21,26H,6,9-10,19-20H2,1-2H3,(H,31,32). The van der Waals surface area contributed by atoms with Gasteiger partial charge in [0.15, 0.2) is 5.78 Å². The Morgan fingerprint density at radius 2 is 1.45 bits per heavy atom. The Morgan fingerprint density at radius 3 is 2.03 bits per heavy atom. The lowest BCUT2D eigenvalue weighted by molar-refractivity contribution is -0.141. The molecule has 1 unspecified atom stereocenters. The van der Waals surface area contributed by atoms with E-state index < -0.39 is 11.9 Å². The molecule has 3 aromatic carbocycles. The third-order valence-corrected chi connectivity index (χ3v) is 5.62. The quantitative estimate of drug-likeness (QED) is 0.316. The van der Waals surface area contributed by atoms with Crippen LogP contribution in [0.5, 0.6) is 5.75 Å². The van der Waals surface area contributed by atoms with Gasteiger partial charge in [0.2, 0.25) is 0 Å². The van der Waals surface area contributed by atoms with Gasteiger partial charge in [0.1, 0.15) is 5.75 Å². The number of rotatable bonds is 12. The van der Waals surface area contributed by atoms with Gasteiger partial charge >= 0.3 is 5.97 Å². The van der Waals surface area contributed by atoms with E-state index in [1.54, 1.807) is 12.1 Å². The third kappa shape index (κ3) is 7.60. The van der Waals surface area contributed by atoms with Crippen molar-refractivity contribution in [2.75, 3.05) is 6.61 Å². The van der Waals surface area contributed by atoms with E-state index in [4.69, 9.17) is 4.74 Å². The van der Waals surface area contributed by atoms with Crippen LogP contribution in [0.4, 0.5) is 0 Å². The lowest BCUT2D eigenvalue weighted by Crippen LogP contribution is -2.18. The molecule has 0 aliphatic rings. The summed E-state index contributed by atoms with van der Waals surface area (Å²) in [5.41, 5.74) is 3.77. The number of carboxylic acid groups (broad SMARTS) is 1. The summed E-state index contributed by atoms with van der Waals surface area (Å²) in [6.07, 6.45) is 2.06. The summed E-state index contributed by atoms with van der Waals surface area (Å²) in [6.45, 7) is 4.90. The molecule has 0 saturated carbocycles. The number of ketones is 1. The van der Waals surface area contributed by atoms with E-state index in [-0.39, 0.29) is 12.2 Å². The van der Waals surface area contributed by atoms with Gasteiger partial charge in [-0.1, -0.05) is 80.6 Å². The molecule has 0 fully saturated rings. The van der Waals surface area contributed by atoms with Crippen LogP contribution in [-0.4, -0.2) is 23.5 Å². The van der Waals surface area contributed by atoms with Gasteiger partial charge in [0.05, 0.1) is 12.5 Å². The number of Topliss-reactive ketones (excluding diaryl/α,β-unsaturated/α-hetero) is 1. The van der Waals surface area contributed by atoms with Crippen molar-refractivity contribution in [2.24, 2.45) is 11.8 Å². The van der Waals surface area contributed by atoms with Crippen LogP contribution in [0.3, 0.4) is 0 Å². The first-order valence-electron chi connectivity index (χ1n) is 11.6. The molecule has 4 heteroatoms. The molecular weight excluding hydrogens is 412 g/mol. The van der Waals surface area contributed by atoms with E-state index in [0.717, 1.165) is 29.7 Å². The zero-order valence-corrected chi connectivity index (χ0v) is 19.4. The number of hydrogen-bond donors (Lipinski definition) is 1. The van der Waals surface area contributed by atoms with Gasteiger partial charge in [-0.15, -0.1) is 0 Å². The van der Waals surface area contributed by atoms with E-state index in [9.17, 15) is 14.7 Å². The van der Waals surface area contributed by atoms with Gasteiger partial charge in [0, 0.05) is 12.0 Å². The molecule has 33 heavy (non-hydrogen) atoms. The molecule has 3 rings (SSSR count). The van der Waals surface area contributed by atoms with Crippen molar-refractivity contribution in [1.82, 2.24) is 0 Å². The molecule has 3 aromatic rings. The van der Waals surface area contributed by atoms with Gasteiger partial charge in [-0.2, -0.15) is 0 Å². The Bertz CT molecular complexity index is 1020. The molecule has 4 nitrogen and oxygen atoms in total. The zero-order valence-electron chi connectivity index (χ0n) is 19.4. The first-order valence-corrected chi connectivity index (χ1v) is 11.6. The number of carboxylic acids is 1. The first kappa shape index (κ1) is 24.2. The van der Waals surface area contributed by atoms with Crippen molar-refractivity contribution in [3.8, 4) is 16.9 Å². The Morgan fingerprint density at radius 1 is 0.848 bits per heavy atom. The normalized spacial score (nSPS) is 11.8. The number of aryl methyl sites for hydroxylation is 1. The molecule has 172 valence electrons. The van der Waals surface area contributed by atoms with Gasteiger partial charge < -0.3 is 9.84 Å². The fourth-order valence-corrected chi connectivity index (χ4v) is 3.71. The average molecular weight is 445 g/mol. The maximum absolute atomic E-state index is 12.7. The van der Waals surface area contributed by atoms with Crippen LogP contribution in [0.15, 0.2) is 78.9 Å². The fourth-order valence-electron chi connectivity index (χ4n) is 3.71. The van der Waals surface area contributed by atoms with Gasteiger partial charge in [-0.05, 0) is 54.0 Å². The van der Waals surface area contributed by atoms with Gasteiger partial charge in [-0.3, -0.25) is 9.59 Å². The molecule has 0 aliphatic carbocycles. The summed E-state index contributed by atoms with van der Waals surface area (Å²) in [5.74, 6) is -0.399. The molecule has 1 N–H and O–H groups in total. The summed E-state index contributed by atoms with van der Waals surface area (Å²) in [6, 6.07) is 25.3. The first-order chi connectivity index (χ1) is 15.9. The zero-order chi connectivity index (χ0) is 23.6. The van der Waals surface area contributed by atoms with E-state index >= 15 is 0 Å². The monoisotopic (exact) mass is 444 g/mol. The van der Waals surface area contributed by atoms with E-state index in [1.165, 1.54) is 5.56 Å². The molecule has 0 spiro atoms. The highest BCUT2D eigenvalue weighted by Crippen LogP contribution is 2.24. The number of carbonyl (C=O) groups excluding carboxylic acids is 1. The number of aliphatic carboxylic acids is 1. The van der Waals surface area contributed by atoms with Crippen LogP contribution in [-0.2, 0) is 11.2 Å². The van der Waals surface area contributed by atoms with Crippen molar-refractivity contribution >= 4 is 11.8 Å². The van der Waals surface area contributed by atoms with Crippen molar-refractivity contribution in [1.29, 1.82) is 0 Å². The summed E-state index contributed by atoms with van der Waals surface area (Å²) in [7, 11) is 0. The molecule has 0 amide bonds. The summed E-state index contributed by atoms with van der Waals surface area (Å²) >= 11 is 0. The van der Waals surface area contributed by atoms with Crippen molar-refractivity contribution < 1.29 is 19.4 Å². The SMILES string of the molecule is CC(C)COc1ccc(-c2ccc(C(=O)CC(CCCc3ccccc3)C(=O)O)cc2)cc1. The predicted octanol–water partition coefficient (Wildman–Crippen LogP) is 6.68. The molecule has 0 aromatic heterocycles. The van der Waals surface area contributed by atoms with Crippen LogP contribution in [0.1, 0.15) is 49.0 Å². The van der Waals surface area contributed by atoms with E-state index in [2.05, 4.69) is 13.8 Å². The highest BCUT2D eigenvalue weighted by molar-refractivity contribution is 5.98. The molecular formula is C29H32O4. The minimum Gasteiger partial charge on any atom is -0.493 e. The van der Waals surface area contributed by atoms with Crippen molar-refractivity contribution in [2.45, 2.75) is 39.5 Å². The smallest absolute Gasteiger partial charge is 0.306 e. The maximum atomic E-state index is 12.7. The van der Waals surface area contributed by atoms with E-state index in [1.807, 2.05) is 66.7 Å². The predicted molar refractivity (Wildman–Crippen MR) is 132 cm³/mol. The largest absolute Gasteiger partial charge is 0.493 e. The molecule has 0 radical (unpaired) electrons. The number of hydrogen-bond acceptors (Lipinski definition) is 3. The van der Waals surface area contributed by atoms with Gasteiger partial charge in [0.25, 0.3) is 0 Å². The minimum absolute atomic E-state index is 0.0192. The van der Waals surface area contributed by atoms with Crippen LogP contribution in [0.2, 0.25) is 0 Å². The average Bonchev–Trinajstić information content (AvgIpc) is 2.83. The van der Waals surface area contributed by atoms with Crippen LogP contribution >= 0.6 is 0 Å². The Balaban J connectivity index is 1.56.